The van der Waals surface area contributed by atoms with Gasteiger partial charge in [-0.3, -0.25) is 0 Å². The van der Waals surface area contributed by atoms with E-state index < -0.39 is 9.84 Å². The Morgan fingerprint density at radius 2 is 2.40 bits per heavy atom. The third-order valence-electron chi connectivity index (χ3n) is 0.758. The number of sulfone groups is 1. The molecule has 1 rings (SSSR count). The Morgan fingerprint density at radius 1 is 1.70 bits per heavy atom. The fraction of sp³-hybridized carbons (Fsp3) is 0.500. The third-order valence-corrected chi connectivity index (χ3v) is 2.02. The molecule has 1 aromatic rings. The van der Waals surface area contributed by atoms with Crippen LogP contribution in [0.15, 0.2) is 0 Å². The van der Waals surface area contributed by atoms with Gasteiger partial charge in [-0.1, -0.05) is 0 Å². The van der Waals surface area contributed by atoms with E-state index in [0.29, 0.717) is 5.82 Å². The van der Waals surface area contributed by atoms with Gasteiger partial charge in [0, 0.05) is 6.26 Å². The average Bonchev–Trinajstić information content (AvgIpc) is 2.12. The molecule has 1 radical (unpaired) electrons. The Morgan fingerprint density at radius 3 is 2.80 bits per heavy atom. The molecule has 0 aromatic carbocycles. The summed E-state index contributed by atoms with van der Waals surface area (Å²) in [6.45, 7) is 0. The monoisotopic (exact) mass is 177 g/mol. The van der Waals surface area contributed by atoms with Crippen LogP contribution < -0.4 is 0 Å². The second-order valence-electron chi connectivity index (χ2n) is 1.87. The smallest absolute Gasteiger partial charge is 0.174 e. The summed E-state index contributed by atoms with van der Waals surface area (Å²) in [5.41, 5.74) is 2.47. The molecule has 1 heterocycles. The summed E-state index contributed by atoms with van der Waals surface area (Å²) in [4.78, 5) is 3.60. The van der Waals surface area contributed by atoms with Crippen LogP contribution in [0.3, 0.4) is 0 Å². The van der Waals surface area contributed by atoms with Crippen molar-refractivity contribution in [3.05, 3.63) is 11.3 Å². The summed E-state index contributed by atoms with van der Waals surface area (Å²) in [7, 11) is -2.99. The first-order chi connectivity index (χ1) is 4.58. The Bertz CT molecular complexity index is 289. The molecular weight excluding hydrogens is 172 g/mol. The highest BCUT2D eigenvalue weighted by Gasteiger charge is 2.06. The molecular formula is C4H5N2O2S2. The van der Waals surface area contributed by atoms with Gasteiger partial charge in [0.15, 0.2) is 21.2 Å². The third kappa shape index (κ3) is 2.40. The molecule has 0 amide bonds. The van der Waals surface area contributed by atoms with Crippen molar-refractivity contribution in [2.75, 3.05) is 6.26 Å². The van der Waals surface area contributed by atoms with Gasteiger partial charge in [0.1, 0.15) is 5.75 Å². The number of aromatic nitrogens is 2. The zero-order valence-electron chi connectivity index (χ0n) is 5.23. The molecule has 0 aliphatic rings. The first-order valence-corrected chi connectivity index (χ1v) is 5.28. The molecule has 0 fully saturated rings. The van der Waals surface area contributed by atoms with E-state index in [9.17, 15) is 8.42 Å². The van der Waals surface area contributed by atoms with E-state index in [1.54, 1.807) is 0 Å². The molecule has 0 atom stereocenters. The predicted molar refractivity (Wildman–Crippen MR) is 37.3 cm³/mol. The molecule has 4 nitrogen and oxygen atoms in total. The summed E-state index contributed by atoms with van der Waals surface area (Å²) in [6.07, 6.45) is 1.15. The standard InChI is InChI=1S/C4H5N2O2S2/c1-10(7,8)2-4-5-3-9-6-4/h2H2,1H3. The van der Waals surface area contributed by atoms with Gasteiger partial charge in [0.2, 0.25) is 0 Å². The Kier molecular flexibility index (Phi) is 2.00. The number of rotatable bonds is 2. The SMILES string of the molecule is CS(=O)(=O)Cc1n[c]sn1. The second kappa shape index (κ2) is 2.63. The summed E-state index contributed by atoms with van der Waals surface area (Å²) < 4.78 is 24.9. The highest BCUT2D eigenvalue weighted by atomic mass is 32.2. The maximum absolute atomic E-state index is 10.6. The van der Waals surface area contributed by atoms with Crippen molar-refractivity contribution < 1.29 is 8.42 Å². The molecule has 0 bridgehead atoms. The zero-order chi connectivity index (χ0) is 7.61. The Labute approximate surface area is 63.0 Å². The van der Waals surface area contributed by atoms with E-state index in [1.807, 2.05) is 0 Å². The van der Waals surface area contributed by atoms with Crippen LogP contribution in [0.2, 0.25) is 0 Å². The van der Waals surface area contributed by atoms with E-state index >= 15 is 0 Å². The maximum atomic E-state index is 10.6. The van der Waals surface area contributed by atoms with Gasteiger partial charge in [-0.2, -0.15) is 4.37 Å². The highest BCUT2D eigenvalue weighted by Crippen LogP contribution is 1.98. The largest absolute Gasteiger partial charge is 0.229 e. The summed E-state index contributed by atoms with van der Waals surface area (Å²) in [5, 5.41) is 0. The van der Waals surface area contributed by atoms with Crippen LogP contribution in [-0.4, -0.2) is 24.0 Å². The van der Waals surface area contributed by atoms with Gasteiger partial charge in [0.05, 0.1) is 0 Å². The topological polar surface area (TPSA) is 59.9 Å². The van der Waals surface area contributed by atoms with Crippen molar-refractivity contribution in [2.24, 2.45) is 0 Å². The fourth-order valence-electron chi connectivity index (χ4n) is 0.460. The summed E-state index contributed by atoms with van der Waals surface area (Å²) >= 11 is 1.03. The molecule has 0 spiro atoms. The molecule has 0 saturated carbocycles. The lowest BCUT2D eigenvalue weighted by Gasteiger charge is -1.88. The van der Waals surface area contributed by atoms with Gasteiger partial charge < -0.3 is 0 Å². The molecule has 0 N–H and O–H groups in total. The maximum Gasteiger partial charge on any atom is 0.174 e. The summed E-state index contributed by atoms with van der Waals surface area (Å²) in [5.74, 6) is 0.236. The van der Waals surface area contributed by atoms with Crippen LogP contribution in [0.4, 0.5) is 0 Å². The van der Waals surface area contributed by atoms with Crippen LogP contribution in [0.5, 0.6) is 0 Å². The van der Waals surface area contributed by atoms with Crippen molar-refractivity contribution in [1.29, 1.82) is 0 Å². The summed E-state index contributed by atoms with van der Waals surface area (Å²) in [6, 6.07) is 0. The normalized spacial score (nSPS) is 11.7. The quantitative estimate of drug-likeness (QED) is 0.632. The molecule has 55 valence electrons. The molecule has 0 unspecified atom stereocenters. The molecule has 6 heteroatoms. The molecule has 0 aliphatic heterocycles. The predicted octanol–water partition coefficient (Wildman–Crippen LogP) is -0.117. The fourth-order valence-corrected chi connectivity index (χ4v) is 1.54. The van der Waals surface area contributed by atoms with Gasteiger partial charge in [-0.15, -0.1) is 0 Å². The van der Waals surface area contributed by atoms with Gasteiger partial charge in [-0.05, 0) is 11.5 Å². The van der Waals surface area contributed by atoms with Crippen LogP contribution in [0.1, 0.15) is 5.82 Å². The van der Waals surface area contributed by atoms with Gasteiger partial charge in [-0.25, -0.2) is 13.4 Å². The number of hydrogen-bond donors (Lipinski definition) is 0. The molecule has 1 aromatic heterocycles. The van der Waals surface area contributed by atoms with Crippen molar-refractivity contribution in [3.63, 3.8) is 0 Å². The van der Waals surface area contributed by atoms with Crippen LogP contribution in [-0.2, 0) is 15.6 Å². The van der Waals surface area contributed by atoms with Gasteiger partial charge in [0.25, 0.3) is 0 Å². The van der Waals surface area contributed by atoms with Crippen LogP contribution >= 0.6 is 11.5 Å². The zero-order valence-corrected chi connectivity index (χ0v) is 6.87. The van der Waals surface area contributed by atoms with Crippen molar-refractivity contribution in [1.82, 2.24) is 9.36 Å². The lowest BCUT2D eigenvalue weighted by Crippen LogP contribution is -2.01. The Balaban J connectivity index is 2.75. The lowest BCUT2D eigenvalue weighted by atomic mass is 10.7. The van der Waals surface area contributed by atoms with E-state index in [2.05, 4.69) is 14.9 Å². The van der Waals surface area contributed by atoms with Crippen molar-refractivity contribution in [3.8, 4) is 0 Å². The molecule has 0 aliphatic carbocycles. The number of hydrogen-bond acceptors (Lipinski definition) is 5. The second-order valence-corrected chi connectivity index (χ2v) is 4.56. The lowest BCUT2D eigenvalue weighted by molar-refractivity contribution is 0.600. The van der Waals surface area contributed by atoms with E-state index in [0.717, 1.165) is 17.8 Å². The molecule has 10 heavy (non-hydrogen) atoms. The minimum absolute atomic E-state index is 0.0903. The van der Waals surface area contributed by atoms with Crippen molar-refractivity contribution >= 4 is 21.4 Å². The van der Waals surface area contributed by atoms with Crippen LogP contribution in [0.25, 0.3) is 0 Å². The van der Waals surface area contributed by atoms with Gasteiger partial charge >= 0.3 is 0 Å². The minimum atomic E-state index is -2.99. The molecule has 0 saturated heterocycles. The minimum Gasteiger partial charge on any atom is -0.229 e. The first-order valence-electron chi connectivity index (χ1n) is 2.44. The van der Waals surface area contributed by atoms with Crippen LogP contribution in [0, 0.1) is 5.51 Å². The number of nitrogens with zero attached hydrogens (tertiary/aromatic N) is 2. The Hall–Kier alpha value is -0.490. The highest BCUT2D eigenvalue weighted by molar-refractivity contribution is 7.89. The van der Waals surface area contributed by atoms with E-state index in [4.69, 9.17) is 0 Å². The average molecular weight is 177 g/mol. The first kappa shape index (κ1) is 7.62. The van der Waals surface area contributed by atoms with E-state index in [-0.39, 0.29) is 5.75 Å². The van der Waals surface area contributed by atoms with Crippen molar-refractivity contribution in [2.45, 2.75) is 5.75 Å². The van der Waals surface area contributed by atoms with E-state index in [1.165, 1.54) is 0 Å².